The van der Waals surface area contributed by atoms with Crippen molar-refractivity contribution >= 4 is 0 Å². The second-order valence-corrected chi connectivity index (χ2v) is 5.08. The van der Waals surface area contributed by atoms with Crippen LogP contribution < -0.4 is 5.32 Å². The van der Waals surface area contributed by atoms with Gasteiger partial charge in [-0.25, -0.2) is 0 Å². The Hall–Kier alpha value is -0.590. The first-order valence-electron chi connectivity index (χ1n) is 6.11. The van der Waals surface area contributed by atoms with Gasteiger partial charge < -0.3 is 10.2 Å². The Balaban J connectivity index is 1.76. The molecule has 2 aliphatic carbocycles. The van der Waals surface area contributed by atoms with Crippen molar-refractivity contribution in [2.24, 2.45) is 11.8 Å². The first kappa shape index (κ1) is 10.9. The van der Waals surface area contributed by atoms with Crippen LogP contribution in [-0.2, 0) is 0 Å². The van der Waals surface area contributed by atoms with Crippen molar-refractivity contribution in [2.45, 2.75) is 31.7 Å². The SMILES string of the molecule is CNC(C#N)CN(CC1CC1)CC1CC1. The topological polar surface area (TPSA) is 39.1 Å². The van der Waals surface area contributed by atoms with Gasteiger partial charge in [0, 0.05) is 19.6 Å². The van der Waals surface area contributed by atoms with Crippen LogP contribution in [0.5, 0.6) is 0 Å². The lowest BCUT2D eigenvalue weighted by Crippen LogP contribution is -2.40. The summed E-state index contributed by atoms with van der Waals surface area (Å²) >= 11 is 0. The summed E-state index contributed by atoms with van der Waals surface area (Å²) in [5, 5.41) is 12.0. The third kappa shape index (κ3) is 3.81. The van der Waals surface area contributed by atoms with Crippen LogP contribution in [0.3, 0.4) is 0 Å². The molecule has 3 nitrogen and oxygen atoms in total. The lowest BCUT2D eigenvalue weighted by Gasteiger charge is -2.24. The van der Waals surface area contributed by atoms with E-state index < -0.39 is 0 Å². The van der Waals surface area contributed by atoms with E-state index >= 15 is 0 Å². The number of nitrogens with zero attached hydrogens (tertiary/aromatic N) is 2. The molecule has 1 unspecified atom stereocenters. The number of nitrogens with one attached hydrogen (secondary N) is 1. The van der Waals surface area contributed by atoms with Crippen LogP contribution in [0.2, 0.25) is 0 Å². The van der Waals surface area contributed by atoms with Gasteiger partial charge in [0.25, 0.3) is 0 Å². The maximum Gasteiger partial charge on any atom is 0.108 e. The zero-order chi connectivity index (χ0) is 10.7. The van der Waals surface area contributed by atoms with Gasteiger partial charge in [0.05, 0.1) is 6.07 Å². The molecule has 15 heavy (non-hydrogen) atoms. The molecule has 0 spiro atoms. The quantitative estimate of drug-likeness (QED) is 0.682. The molecular formula is C12H21N3. The molecule has 2 rings (SSSR count). The van der Waals surface area contributed by atoms with Gasteiger partial charge in [0.1, 0.15) is 6.04 Å². The molecule has 3 heteroatoms. The van der Waals surface area contributed by atoms with E-state index in [4.69, 9.17) is 5.26 Å². The Morgan fingerprint density at radius 1 is 1.27 bits per heavy atom. The Morgan fingerprint density at radius 3 is 2.13 bits per heavy atom. The molecule has 0 aromatic carbocycles. The minimum Gasteiger partial charge on any atom is -0.304 e. The first-order chi connectivity index (χ1) is 7.31. The fraction of sp³-hybridized carbons (Fsp3) is 0.917. The van der Waals surface area contributed by atoms with E-state index in [0.29, 0.717) is 0 Å². The van der Waals surface area contributed by atoms with E-state index in [9.17, 15) is 0 Å². The predicted molar refractivity (Wildman–Crippen MR) is 60.3 cm³/mol. The summed E-state index contributed by atoms with van der Waals surface area (Å²) in [7, 11) is 1.88. The van der Waals surface area contributed by atoms with Crippen molar-refractivity contribution < 1.29 is 0 Å². The maximum absolute atomic E-state index is 8.94. The molecule has 0 aliphatic heterocycles. The number of rotatable bonds is 7. The third-order valence-electron chi connectivity index (χ3n) is 3.37. The standard InChI is InChI=1S/C12H21N3/c1-14-12(6-13)9-15(7-10-2-3-10)8-11-4-5-11/h10-12,14H,2-5,7-9H2,1H3. The van der Waals surface area contributed by atoms with E-state index in [1.165, 1.54) is 38.8 Å². The van der Waals surface area contributed by atoms with Crippen LogP contribution in [0.4, 0.5) is 0 Å². The predicted octanol–water partition coefficient (Wildman–Crippen LogP) is 1.22. The second-order valence-electron chi connectivity index (χ2n) is 5.08. The van der Waals surface area contributed by atoms with Gasteiger partial charge in [-0.15, -0.1) is 0 Å². The molecular weight excluding hydrogens is 186 g/mol. The molecule has 0 saturated heterocycles. The molecule has 2 fully saturated rings. The molecule has 1 N–H and O–H groups in total. The van der Waals surface area contributed by atoms with Crippen LogP contribution in [0, 0.1) is 23.2 Å². The third-order valence-corrected chi connectivity index (χ3v) is 3.37. The summed E-state index contributed by atoms with van der Waals surface area (Å²) in [5.74, 6) is 1.86. The lowest BCUT2D eigenvalue weighted by atomic mass is 10.2. The molecule has 2 saturated carbocycles. The van der Waals surface area contributed by atoms with Crippen LogP contribution >= 0.6 is 0 Å². The van der Waals surface area contributed by atoms with Crippen LogP contribution in [0.15, 0.2) is 0 Å². The molecule has 0 aromatic heterocycles. The number of hydrogen-bond acceptors (Lipinski definition) is 3. The van der Waals surface area contributed by atoms with Gasteiger partial charge in [-0.1, -0.05) is 0 Å². The average Bonchev–Trinajstić information content (AvgIpc) is 3.09. The number of nitriles is 1. The van der Waals surface area contributed by atoms with Gasteiger partial charge in [-0.05, 0) is 44.6 Å². The highest BCUT2D eigenvalue weighted by atomic mass is 15.2. The zero-order valence-corrected chi connectivity index (χ0v) is 9.58. The smallest absolute Gasteiger partial charge is 0.108 e. The van der Waals surface area contributed by atoms with Crippen LogP contribution in [0.25, 0.3) is 0 Å². The first-order valence-corrected chi connectivity index (χ1v) is 6.11. The molecule has 0 bridgehead atoms. The minimum atomic E-state index is 0.00231. The van der Waals surface area contributed by atoms with Crippen molar-refractivity contribution in [3.05, 3.63) is 0 Å². The van der Waals surface area contributed by atoms with Crippen molar-refractivity contribution in [3.8, 4) is 6.07 Å². The zero-order valence-electron chi connectivity index (χ0n) is 9.58. The monoisotopic (exact) mass is 207 g/mol. The van der Waals surface area contributed by atoms with E-state index in [1.54, 1.807) is 0 Å². The van der Waals surface area contributed by atoms with Crippen molar-refractivity contribution in [2.75, 3.05) is 26.7 Å². The summed E-state index contributed by atoms with van der Waals surface area (Å²) in [6.45, 7) is 3.34. The van der Waals surface area contributed by atoms with Crippen molar-refractivity contribution in [1.29, 1.82) is 5.26 Å². The van der Waals surface area contributed by atoms with E-state index in [1.807, 2.05) is 7.05 Å². The van der Waals surface area contributed by atoms with Crippen molar-refractivity contribution in [3.63, 3.8) is 0 Å². The highest BCUT2D eigenvalue weighted by Gasteiger charge is 2.29. The lowest BCUT2D eigenvalue weighted by molar-refractivity contribution is 0.241. The van der Waals surface area contributed by atoms with E-state index in [2.05, 4.69) is 16.3 Å². The fourth-order valence-electron chi connectivity index (χ4n) is 2.01. The number of likely N-dealkylation sites (N-methyl/N-ethyl adjacent to an activating group) is 1. The fourth-order valence-corrected chi connectivity index (χ4v) is 2.01. The summed E-state index contributed by atoms with van der Waals surface area (Å²) in [6, 6.07) is 2.32. The normalized spacial score (nSPS) is 22.7. The van der Waals surface area contributed by atoms with Gasteiger partial charge >= 0.3 is 0 Å². The van der Waals surface area contributed by atoms with Gasteiger partial charge in [0.15, 0.2) is 0 Å². The van der Waals surface area contributed by atoms with Gasteiger partial charge in [-0.2, -0.15) is 5.26 Å². The summed E-state index contributed by atoms with van der Waals surface area (Å²) < 4.78 is 0. The van der Waals surface area contributed by atoms with Gasteiger partial charge in [-0.3, -0.25) is 0 Å². The molecule has 0 amide bonds. The van der Waals surface area contributed by atoms with E-state index in [0.717, 1.165) is 18.4 Å². The van der Waals surface area contributed by atoms with E-state index in [-0.39, 0.29) is 6.04 Å². The van der Waals surface area contributed by atoms with Gasteiger partial charge in [0.2, 0.25) is 0 Å². The highest BCUT2D eigenvalue weighted by molar-refractivity contribution is 4.93. The summed E-state index contributed by atoms with van der Waals surface area (Å²) in [6.07, 6.45) is 5.60. The Morgan fingerprint density at radius 2 is 1.80 bits per heavy atom. The molecule has 2 aliphatic rings. The highest BCUT2D eigenvalue weighted by Crippen LogP contribution is 2.33. The van der Waals surface area contributed by atoms with Crippen molar-refractivity contribution in [1.82, 2.24) is 10.2 Å². The number of hydrogen-bond donors (Lipinski definition) is 1. The van der Waals surface area contributed by atoms with Crippen LogP contribution in [-0.4, -0.2) is 37.6 Å². The van der Waals surface area contributed by atoms with Crippen LogP contribution in [0.1, 0.15) is 25.7 Å². The minimum absolute atomic E-state index is 0.00231. The molecule has 0 heterocycles. The Kier molecular flexibility index (Phi) is 3.61. The largest absolute Gasteiger partial charge is 0.304 e. The molecule has 1 atom stereocenters. The average molecular weight is 207 g/mol. The maximum atomic E-state index is 8.94. The Bertz CT molecular complexity index is 224. The molecule has 0 aromatic rings. The summed E-state index contributed by atoms with van der Waals surface area (Å²) in [4.78, 5) is 2.50. The Labute approximate surface area is 92.4 Å². The summed E-state index contributed by atoms with van der Waals surface area (Å²) in [5.41, 5.74) is 0. The molecule has 0 radical (unpaired) electrons. The molecule has 84 valence electrons. The second kappa shape index (κ2) is 4.96.